The van der Waals surface area contributed by atoms with Crippen LogP contribution in [0.5, 0.6) is 0 Å². The van der Waals surface area contributed by atoms with Gasteiger partial charge in [0.25, 0.3) is 0 Å². The van der Waals surface area contributed by atoms with Gasteiger partial charge in [0, 0.05) is 19.9 Å². The maximum absolute atomic E-state index is 13.6. The lowest BCUT2D eigenvalue weighted by Crippen LogP contribution is -2.52. The molecule has 1 aromatic heterocycles. The summed E-state index contributed by atoms with van der Waals surface area (Å²) in [4.78, 5) is 18.0. The molecule has 1 aliphatic heterocycles. The Morgan fingerprint density at radius 2 is 2.43 bits per heavy atom. The summed E-state index contributed by atoms with van der Waals surface area (Å²) in [5, 5.41) is 2.64. The Morgan fingerprint density at radius 3 is 3.10 bits per heavy atom. The summed E-state index contributed by atoms with van der Waals surface area (Å²) >= 11 is 0. The summed E-state index contributed by atoms with van der Waals surface area (Å²) in [6.45, 7) is 3.27. The lowest BCUT2D eigenvalue weighted by atomic mass is 9.91. The van der Waals surface area contributed by atoms with Gasteiger partial charge in [0.15, 0.2) is 5.82 Å². The van der Waals surface area contributed by atoms with Gasteiger partial charge in [-0.15, -0.1) is 0 Å². The molecular weight excluding hydrogens is 273 g/mol. The molecule has 0 aromatic carbocycles. The first-order chi connectivity index (χ1) is 10.1. The van der Waals surface area contributed by atoms with E-state index < -0.39 is 5.82 Å². The minimum atomic E-state index is -0.530. The zero-order valence-corrected chi connectivity index (χ0v) is 12.6. The van der Waals surface area contributed by atoms with Gasteiger partial charge in [0.1, 0.15) is 0 Å². The van der Waals surface area contributed by atoms with Crippen LogP contribution in [-0.2, 0) is 4.74 Å². The van der Waals surface area contributed by atoms with Crippen molar-refractivity contribution in [3.8, 4) is 0 Å². The van der Waals surface area contributed by atoms with Crippen molar-refractivity contribution < 1.29 is 13.9 Å². The highest BCUT2D eigenvalue weighted by molar-refractivity contribution is 5.90. The highest BCUT2D eigenvalue weighted by atomic mass is 19.1. The van der Waals surface area contributed by atoms with E-state index in [0.29, 0.717) is 13.2 Å². The average Bonchev–Trinajstić information content (AvgIpc) is 2.86. The first kappa shape index (κ1) is 15.7. The van der Waals surface area contributed by atoms with E-state index in [9.17, 15) is 9.18 Å². The lowest BCUT2D eigenvalue weighted by Gasteiger charge is -2.38. The van der Waals surface area contributed by atoms with Gasteiger partial charge < -0.3 is 15.0 Å². The minimum Gasteiger partial charge on any atom is -0.382 e. The van der Waals surface area contributed by atoms with Crippen LogP contribution in [-0.4, -0.2) is 41.7 Å². The Kier molecular flexibility index (Phi) is 5.12. The first-order valence-electron chi connectivity index (χ1n) is 7.30. The Labute approximate surface area is 124 Å². The standard InChI is InChI=1S/C15H22FN3O2/c1-3-6-15(11-21-2)7-4-9-19(15)14(20)18-13-5-8-17-10-12(13)16/h5,8,10H,3-4,6-7,9,11H2,1-2H3,(H,17,18,20). The molecule has 1 fully saturated rings. The second-order valence-corrected chi connectivity index (χ2v) is 5.45. The smallest absolute Gasteiger partial charge is 0.322 e. The van der Waals surface area contributed by atoms with Crippen molar-refractivity contribution in [2.24, 2.45) is 0 Å². The third-order valence-electron chi connectivity index (χ3n) is 3.98. The van der Waals surface area contributed by atoms with Crippen LogP contribution in [0.2, 0.25) is 0 Å². The fraction of sp³-hybridized carbons (Fsp3) is 0.600. The van der Waals surface area contributed by atoms with Gasteiger partial charge in [-0.2, -0.15) is 0 Å². The molecule has 1 N–H and O–H groups in total. The number of likely N-dealkylation sites (tertiary alicyclic amines) is 1. The largest absolute Gasteiger partial charge is 0.382 e. The third kappa shape index (κ3) is 3.32. The number of hydrogen-bond donors (Lipinski definition) is 1. The Hall–Kier alpha value is -1.69. The van der Waals surface area contributed by atoms with Gasteiger partial charge in [0.2, 0.25) is 0 Å². The number of ether oxygens (including phenoxy) is 1. The molecular formula is C15H22FN3O2. The topological polar surface area (TPSA) is 54.5 Å². The maximum atomic E-state index is 13.6. The van der Waals surface area contributed by atoms with Crippen LogP contribution >= 0.6 is 0 Å². The molecule has 2 amide bonds. The molecule has 21 heavy (non-hydrogen) atoms. The summed E-state index contributed by atoms with van der Waals surface area (Å²) in [6, 6.07) is 1.18. The number of halogens is 1. The first-order valence-corrected chi connectivity index (χ1v) is 7.30. The number of pyridine rings is 1. The number of nitrogens with zero attached hydrogens (tertiary/aromatic N) is 2. The van der Waals surface area contributed by atoms with Crippen molar-refractivity contribution in [1.82, 2.24) is 9.88 Å². The van der Waals surface area contributed by atoms with E-state index in [1.165, 1.54) is 12.3 Å². The van der Waals surface area contributed by atoms with Gasteiger partial charge in [-0.05, 0) is 25.3 Å². The normalized spacial score (nSPS) is 21.6. The van der Waals surface area contributed by atoms with Crippen molar-refractivity contribution in [3.05, 3.63) is 24.3 Å². The molecule has 1 saturated heterocycles. The molecule has 0 spiro atoms. The third-order valence-corrected chi connectivity index (χ3v) is 3.98. The van der Waals surface area contributed by atoms with Crippen LogP contribution in [0.3, 0.4) is 0 Å². The van der Waals surface area contributed by atoms with Crippen molar-refractivity contribution >= 4 is 11.7 Å². The van der Waals surface area contributed by atoms with Crippen LogP contribution in [0.1, 0.15) is 32.6 Å². The van der Waals surface area contributed by atoms with E-state index >= 15 is 0 Å². The summed E-state index contributed by atoms with van der Waals surface area (Å²) in [6.07, 6.45) is 6.26. The second kappa shape index (κ2) is 6.85. The number of aromatic nitrogens is 1. The van der Waals surface area contributed by atoms with Crippen LogP contribution in [0.25, 0.3) is 0 Å². The molecule has 2 rings (SSSR count). The van der Waals surface area contributed by atoms with E-state index in [0.717, 1.165) is 31.9 Å². The van der Waals surface area contributed by atoms with Crippen LogP contribution in [0.15, 0.2) is 18.5 Å². The number of carbonyl (C=O) groups excluding carboxylic acids is 1. The molecule has 0 aliphatic carbocycles. The van der Waals surface area contributed by atoms with Gasteiger partial charge >= 0.3 is 6.03 Å². The van der Waals surface area contributed by atoms with Crippen LogP contribution in [0, 0.1) is 5.82 Å². The number of carbonyl (C=O) groups is 1. The fourth-order valence-electron chi connectivity index (χ4n) is 3.13. The monoisotopic (exact) mass is 295 g/mol. The number of amides is 2. The Bertz CT molecular complexity index is 490. The van der Waals surface area contributed by atoms with Crippen LogP contribution < -0.4 is 5.32 Å². The molecule has 0 bridgehead atoms. The summed E-state index contributed by atoms with van der Waals surface area (Å²) in [7, 11) is 1.65. The van der Waals surface area contributed by atoms with Crippen LogP contribution in [0.4, 0.5) is 14.9 Å². The molecule has 116 valence electrons. The molecule has 6 heteroatoms. The lowest BCUT2D eigenvalue weighted by molar-refractivity contribution is 0.0540. The fourth-order valence-corrected chi connectivity index (χ4v) is 3.13. The summed E-state index contributed by atoms with van der Waals surface area (Å²) in [5.41, 5.74) is -0.124. The number of methoxy groups -OCH3 is 1. The van der Waals surface area contributed by atoms with E-state index in [4.69, 9.17) is 4.74 Å². The zero-order valence-electron chi connectivity index (χ0n) is 12.6. The predicted octanol–water partition coefficient (Wildman–Crippen LogP) is 3.03. The van der Waals surface area contributed by atoms with E-state index in [2.05, 4.69) is 17.2 Å². The SMILES string of the molecule is CCCC1(COC)CCCN1C(=O)Nc1ccncc1F. The quantitative estimate of drug-likeness (QED) is 0.908. The van der Waals surface area contributed by atoms with Gasteiger partial charge in [-0.25, -0.2) is 9.18 Å². The Morgan fingerprint density at radius 1 is 1.62 bits per heavy atom. The van der Waals surface area contributed by atoms with E-state index in [1.807, 2.05) is 0 Å². The van der Waals surface area contributed by atoms with Crippen molar-refractivity contribution in [2.75, 3.05) is 25.6 Å². The van der Waals surface area contributed by atoms with Crippen molar-refractivity contribution in [3.63, 3.8) is 0 Å². The molecule has 5 nitrogen and oxygen atoms in total. The number of nitrogens with one attached hydrogen (secondary N) is 1. The number of urea groups is 1. The van der Waals surface area contributed by atoms with E-state index in [-0.39, 0.29) is 17.3 Å². The highest BCUT2D eigenvalue weighted by Crippen LogP contribution is 2.34. The second-order valence-electron chi connectivity index (χ2n) is 5.45. The van der Waals surface area contributed by atoms with Crippen molar-refractivity contribution in [2.45, 2.75) is 38.1 Å². The molecule has 1 aromatic rings. The molecule has 0 saturated carbocycles. The summed E-state index contributed by atoms with van der Waals surface area (Å²) in [5.74, 6) is -0.530. The molecule has 1 aliphatic rings. The molecule has 1 atom stereocenters. The van der Waals surface area contributed by atoms with Gasteiger partial charge in [-0.3, -0.25) is 4.98 Å². The average molecular weight is 295 g/mol. The molecule has 1 unspecified atom stereocenters. The molecule has 0 radical (unpaired) electrons. The number of hydrogen-bond acceptors (Lipinski definition) is 3. The zero-order chi connectivity index (χ0) is 15.3. The maximum Gasteiger partial charge on any atom is 0.322 e. The number of rotatable bonds is 5. The predicted molar refractivity (Wildman–Crippen MR) is 78.7 cm³/mol. The summed E-state index contributed by atoms with van der Waals surface area (Å²) < 4.78 is 18.9. The minimum absolute atomic E-state index is 0.157. The van der Waals surface area contributed by atoms with E-state index in [1.54, 1.807) is 12.0 Å². The Balaban J connectivity index is 2.15. The molecule has 2 heterocycles. The van der Waals surface area contributed by atoms with Gasteiger partial charge in [-0.1, -0.05) is 13.3 Å². The van der Waals surface area contributed by atoms with Crippen molar-refractivity contribution in [1.29, 1.82) is 0 Å². The number of anilines is 1. The van der Waals surface area contributed by atoms with Gasteiger partial charge in [0.05, 0.1) is 24.0 Å². The highest BCUT2D eigenvalue weighted by Gasteiger charge is 2.43.